The van der Waals surface area contributed by atoms with Crippen LogP contribution in [-0.2, 0) is 28.6 Å². The Morgan fingerprint density at radius 2 is 0.494 bits per heavy atom. The number of hydrogen-bond donors (Lipinski definition) is 0. The van der Waals surface area contributed by atoms with Crippen LogP contribution >= 0.6 is 0 Å². The largest absolute Gasteiger partial charge is 0.462 e. The van der Waals surface area contributed by atoms with Crippen LogP contribution in [0.5, 0.6) is 0 Å². The molecule has 0 aromatic rings. The molecule has 1 atom stereocenters. The van der Waals surface area contributed by atoms with E-state index in [0.717, 1.165) is 122 Å². The van der Waals surface area contributed by atoms with Gasteiger partial charge in [-0.3, -0.25) is 14.4 Å². The zero-order chi connectivity index (χ0) is 57.1. The number of ether oxygens (including phenoxy) is 3. The van der Waals surface area contributed by atoms with E-state index < -0.39 is 6.10 Å². The van der Waals surface area contributed by atoms with E-state index in [4.69, 9.17) is 14.2 Å². The summed E-state index contributed by atoms with van der Waals surface area (Å²) in [5.41, 5.74) is 0. The molecule has 0 aliphatic rings. The molecule has 0 amide bonds. The van der Waals surface area contributed by atoms with Crippen molar-refractivity contribution in [3.63, 3.8) is 0 Å². The molecule has 0 heterocycles. The molecule has 0 fully saturated rings. The SMILES string of the molecule is CC/C=C\C/C=C\C/C=C\C/C=C\C/C=C\C/C=C\CCCCCCCCCCCCCCCCC(=O)OCC(COC(=O)CCCCCCCCC)OC(=O)CCCCCCCC/C=C\C/C=C\C/C=C\CCCCCCC. The van der Waals surface area contributed by atoms with Crippen molar-refractivity contribution in [2.75, 3.05) is 13.2 Å². The van der Waals surface area contributed by atoms with E-state index in [1.807, 2.05) is 0 Å². The first kappa shape index (κ1) is 75.1. The number of carbonyl (C=O) groups excluding carboxylic acids is 3. The lowest BCUT2D eigenvalue weighted by Gasteiger charge is -2.18. The fraction of sp³-hybridized carbons (Fsp3) is 0.712. The first-order valence-corrected chi connectivity index (χ1v) is 33.4. The Kier molecular flexibility index (Phi) is 63.3. The smallest absolute Gasteiger partial charge is 0.306 e. The molecular weight excluding hydrogens is 973 g/mol. The van der Waals surface area contributed by atoms with Gasteiger partial charge in [0.2, 0.25) is 0 Å². The van der Waals surface area contributed by atoms with Gasteiger partial charge in [-0.15, -0.1) is 0 Å². The van der Waals surface area contributed by atoms with E-state index >= 15 is 0 Å². The topological polar surface area (TPSA) is 78.9 Å². The van der Waals surface area contributed by atoms with Crippen molar-refractivity contribution in [2.45, 2.75) is 322 Å². The van der Waals surface area contributed by atoms with E-state index in [9.17, 15) is 14.4 Å². The normalized spacial score (nSPS) is 12.8. The maximum Gasteiger partial charge on any atom is 0.306 e. The zero-order valence-corrected chi connectivity index (χ0v) is 51.9. The summed E-state index contributed by atoms with van der Waals surface area (Å²) in [6.07, 6.45) is 91.3. The number of rotatable bonds is 60. The third-order valence-corrected chi connectivity index (χ3v) is 14.3. The minimum Gasteiger partial charge on any atom is -0.462 e. The van der Waals surface area contributed by atoms with Crippen LogP contribution in [0.3, 0.4) is 0 Å². The average molecular weight is 1100 g/mol. The van der Waals surface area contributed by atoms with Gasteiger partial charge in [0, 0.05) is 19.3 Å². The Morgan fingerprint density at radius 3 is 0.772 bits per heavy atom. The summed E-state index contributed by atoms with van der Waals surface area (Å²) in [5, 5.41) is 0. The summed E-state index contributed by atoms with van der Waals surface area (Å²) in [6.45, 7) is 6.48. The Labute approximate surface area is 489 Å². The molecule has 0 aromatic carbocycles. The van der Waals surface area contributed by atoms with Crippen LogP contribution in [0, 0.1) is 0 Å². The van der Waals surface area contributed by atoms with Gasteiger partial charge in [0.05, 0.1) is 0 Å². The molecule has 0 saturated heterocycles. The van der Waals surface area contributed by atoms with E-state index in [0.29, 0.717) is 19.3 Å². The quantitative estimate of drug-likeness (QED) is 0.0261. The average Bonchev–Trinajstić information content (AvgIpc) is 3.45. The molecule has 6 nitrogen and oxygen atoms in total. The molecule has 0 aromatic heterocycles. The number of hydrogen-bond acceptors (Lipinski definition) is 6. The minimum atomic E-state index is -0.783. The Bertz CT molecular complexity index is 1590. The fourth-order valence-corrected chi connectivity index (χ4v) is 9.28. The lowest BCUT2D eigenvalue weighted by Crippen LogP contribution is -2.30. The van der Waals surface area contributed by atoms with Gasteiger partial charge in [0.15, 0.2) is 6.10 Å². The van der Waals surface area contributed by atoms with E-state index in [1.54, 1.807) is 0 Å². The molecule has 0 bridgehead atoms. The van der Waals surface area contributed by atoms with Gasteiger partial charge in [-0.2, -0.15) is 0 Å². The predicted molar refractivity (Wildman–Crippen MR) is 343 cm³/mol. The summed E-state index contributed by atoms with van der Waals surface area (Å²) in [5.74, 6) is -0.893. The van der Waals surface area contributed by atoms with E-state index in [-0.39, 0.29) is 31.1 Å². The lowest BCUT2D eigenvalue weighted by molar-refractivity contribution is -0.167. The monoisotopic (exact) mass is 1100 g/mol. The third-order valence-electron chi connectivity index (χ3n) is 14.3. The molecule has 1 unspecified atom stereocenters. The molecule has 0 aliphatic heterocycles. The highest BCUT2D eigenvalue weighted by Gasteiger charge is 2.19. The zero-order valence-electron chi connectivity index (χ0n) is 51.9. The lowest BCUT2D eigenvalue weighted by atomic mass is 10.0. The van der Waals surface area contributed by atoms with Crippen LogP contribution in [0.4, 0.5) is 0 Å². The second-order valence-electron chi connectivity index (χ2n) is 22.0. The summed E-state index contributed by atoms with van der Waals surface area (Å²) < 4.78 is 16.8. The van der Waals surface area contributed by atoms with Crippen LogP contribution in [0.25, 0.3) is 0 Å². The Balaban J connectivity index is 4.10. The summed E-state index contributed by atoms with van der Waals surface area (Å²) in [7, 11) is 0. The van der Waals surface area contributed by atoms with Gasteiger partial charge < -0.3 is 14.2 Å². The van der Waals surface area contributed by atoms with Crippen molar-refractivity contribution in [3.05, 3.63) is 109 Å². The van der Waals surface area contributed by atoms with Gasteiger partial charge >= 0.3 is 17.9 Å². The highest BCUT2D eigenvalue weighted by Crippen LogP contribution is 2.16. The van der Waals surface area contributed by atoms with Crippen LogP contribution in [0.1, 0.15) is 316 Å². The molecule has 0 spiro atoms. The third kappa shape index (κ3) is 64.8. The highest BCUT2D eigenvalue weighted by molar-refractivity contribution is 5.71. The predicted octanol–water partition coefficient (Wildman–Crippen LogP) is 23.0. The molecule has 0 rings (SSSR count). The molecule has 452 valence electrons. The molecular formula is C73H124O6. The van der Waals surface area contributed by atoms with E-state index in [1.165, 1.54) is 154 Å². The van der Waals surface area contributed by atoms with Crippen molar-refractivity contribution in [2.24, 2.45) is 0 Å². The number of carbonyl (C=O) groups is 3. The first-order valence-electron chi connectivity index (χ1n) is 33.4. The number of unbranched alkanes of at least 4 members (excludes halogenated alkanes) is 31. The summed E-state index contributed by atoms with van der Waals surface area (Å²) >= 11 is 0. The maximum atomic E-state index is 12.9. The highest BCUT2D eigenvalue weighted by atomic mass is 16.6. The van der Waals surface area contributed by atoms with Crippen LogP contribution < -0.4 is 0 Å². The molecule has 0 N–H and O–H groups in total. The van der Waals surface area contributed by atoms with E-state index in [2.05, 4.69) is 130 Å². The molecule has 6 heteroatoms. The summed E-state index contributed by atoms with van der Waals surface area (Å²) in [6, 6.07) is 0. The van der Waals surface area contributed by atoms with Gasteiger partial charge in [-0.25, -0.2) is 0 Å². The molecule has 79 heavy (non-hydrogen) atoms. The van der Waals surface area contributed by atoms with Crippen molar-refractivity contribution >= 4 is 17.9 Å². The summed E-state index contributed by atoms with van der Waals surface area (Å²) in [4.78, 5) is 38.1. The second kappa shape index (κ2) is 66.6. The standard InChI is InChI=1S/C73H124O6/c1-4-7-10-13-16-18-20-22-24-26-28-30-31-32-33-34-35-36-37-38-39-40-41-43-44-46-48-50-52-54-57-60-63-66-72(75)78-69-70(68-77-71(74)65-62-59-56-15-12-9-6-3)79-73(76)67-64-61-58-55-53-51-49-47-45-42-29-27-25-23-21-19-17-14-11-8-5-2/h7,10,16,18,21-24,27-30,32-33,35-36,45,47,70H,4-6,8-9,11-15,17,19-20,25-26,31,34,37-44,46,48-69H2,1-3H3/b10-7-,18-16-,23-21-,24-22-,29-27-,30-28-,33-32-,36-35-,47-45-. The Hall–Kier alpha value is -3.93. The van der Waals surface area contributed by atoms with Crippen molar-refractivity contribution in [1.29, 1.82) is 0 Å². The van der Waals surface area contributed by atoms with Crippen LogP contribution in [-0.4, -0.2) is 37.2 Å². The molecule has 0 aliphatic carbocycles. The van der Waals surface area contributed by atoms with Gasteiger partial charge in [-0.05, 0) is 109 Å². The number of esters is 3. The molecule has 0 radical (unpaired) electrons. The van der Waals surface area contributed by atoms with Gasteiger partial charge in [-0.1, -0.05) is 297 Å². The second-order valence-corrected chi connectivity index (χ2v) is 22.0. The number of allylic oxidation sites excluding steroid dienone is 18. The van der Waals surface area contributed by atoms with Gasteiger partial charge in [0.25, 0.3) is 0 Å². The van der Waals surface area contributed by atoms with Crippen LogP contribution in [0.15, 0.2) is 109 Å². The van der Waals surface area contributed by atoms with Gasteiger partial charge in [0.1, 0.15) is 13.2 Å². The minimum absolute atomic E-state index is 0.0813. The van der Waals surface area contributed by atoms with Crippen molar-refractivity contribution in [3.8, 4) is 0 Å². The Morgan fingerprint density at radius 1 is 0.266 bits per heavy atom. The molecule has 0 saturated carbocycles. The van der Waals surface area contributed by atoms with Crippen LogP contribution in [0.2, 0.25) is 0 Å². The first-order chi connectivity index (χ1) is 39.0. The van der Waals surface area contributed by atoms with Crippen molar-refractivity contribution < 1.29 is 28.6 Å². The van der Waals surface area contributed by atoms with Crippen molar-refractivity contribution in [1.82, 2.24) is 0 Å². The fourth-order valence-electron chi connectivity index (χ4n) is 9.28. The maximum absolute atomic E-state index is 12.9.